The molecular weight excluding hydrogens is 288 g/mol. The SMILES string of the molecule is CCC=CCC1C(=O)CCC1CC(=O)OCCCCCCCC. The average molecular weight is 322 g/mol. The Bertz CT molecular complexity index is 373. The molecule has 1 saturated carbocycles. The highest BCUT2D eigenvalue weighted by Crippen LogP contribution is 2.34. The van der Waals surface area contributed by atoms with Gasteiger partial charge in [0.15, 0.2) is 0 Å². The Morgan fingerprint density at radius 1 is 1.13 bits per heavy atom. The Hall–Kier alpha value is -1.12. The fraction of sp³-hybridized carbons (Fsp3) is 0.800. The number of esters is 1. The number of rotatable bonds is 12. The molecule has 2 atom stereocenters. The van der Waals surface area contributed by atoms with Gasteiger partial charge in [0, 0.05) is 18.8 Å². The van der Waals surface area contributed by atoms with E-state index in [2.05, 4.69) is 26.0 Å². The van der Waals surface area contributed by atoms with Crippen molar-refractivity contribution >= 4 is 11.8 Å². The summed E-state index contributed by atoms with van der Waals surface area (Å²) in [5.74, 6) is 0.405. The van der Waals surface area contributed by atoms with Crippen molar-refractivity contribution in [3.63, 3.8) is 0 Å². The second-order valence-electron chi connectivity index (χ2n) is 6.68. The third-order valence-electron chi connectivity index (χ3n) is 4.73. The van der Waals surface area contributed by atoms with Gasteiger partial charge in [0.1, 0.15) is 5.78 Å². The zero-order valence-electron chi connectivity index (χ0n) is 15.0. The van der Waals surface area contributed by atoms with Gasteiger partial charge in [0.25, 0.3) is 0 Å². The fourth-order valence-corrected chi connectivity index (χ4v) is 3.30. The zero-order valence-corrected chi connectivity index (χ0v) is 15.0. The summed E-state index contributed by atoms with van der Waals surface area (Å²) in [6, 6.07) is 0. The Morgan fingerprint density at radius 2 is 1.87 bits per heavy atom. The topological polar surface area (TPSA) is 43.4 Å². The molecule has 23 heavy (non-hydrogen) atoms. The first kappa shape index (κ1) is 19.9. The Kier molecular flexibility index (Phi) is 10.7. The maximum absolute atomic E-state index is 12.0. The van der Waals surface area contributed by atoms with Crippen LogP contribution in [0, 0.1) is 11.8 Å². The van der Waals surface area contributed by atoms with Gasteiger partial charge in [-0.25, -0.2) is 0 Å². The van der Waals surface area contributed by atoms with E-state index < -0.39 is 0 Å². The van der Waals surface area contributed by atoms with Crippen LogP contribution < -0.4 is 0 Å². The van der Waals surface area contributed by atoms with Crippen LogP contribution in [0.15, 0.2) is 12.2 Å². The fourth-order valence-electron chi connectivity index (χ4n) is 3.30. The third-order valence-corrected chi connectivity index (χ3v) is 4.73. The summed E-state index contributed by atoms with van der Waals surface area (Å²) in [6.07, 6.45) is 15.0. The van der Waals surface area contributed by atoms with Gasteiger partial charge in [-0.3, -0.25) is 9.59 Å². The number of Topliss-reactive ketones (excluding diaryl/α,β-unsaturated/α-hetero) is 1. The first-order chi connectivity index (χ1) is 11.2. The molecule has 132 valence electrons. The number of hydrogen-bond acceptors (Lipinski definition) is 3. The number of hydrogen-bond donors (Lipinski definition) is 0. The lowest BCUT2D eigenvalue weighted by atomic mass is 9.89. The summed E-state index contributed by atoms with van der Waals surface area (Å²) < 4.78 is 5.35. The van der Waals surface area contributed by atoms with Gasteiger partial charge in [-0.05, 0) is 31.6 Å². The van der Waals surface area contributed by atoms with E-state index >= 15 is 0 Å². The number of carbonyl (C=O) groups excluding carboxylic acids is 2. The van der Waals surface area contributed by atoms with E-state index in [1.54, 1.807) is 0 Å². The lowest BCUT2D eigenvalue weighted by molar-refractivity contribution is -0.145. The first-order valence-electron chi connectivity index (χ1n) is 9.52. The molecule has 0 radical (unpaired) electrons. The minimum absolute atomic E-state index is 0.0272. The van der Waals surface area contributed by atoms with E-state index in [1.165, 1.54) is 25.7 Å². The molecule has 0 amide bonds. The summed E-state index contributed by atoms with van der Waals surface area (Å²) in [5, 5.41) is 0. The van der Waals surface area contributed by atoms with Gasteiger partial charge in [-0.15, -0.1) is 0 Å². The van der Waals surface area contributed by atoms with Crippen LogP contribution in [-0.4, -0.2) is 18.4 Å². The highest BCUT2D eigenvalue weighted by Gasteiger charge is 2.35. The van der Waals surface area contributed by atoms with Crippen LogP contribution in [0.1, 0.15) is 84.5 Å². The van der Waals surface area contributed by atoms with Crippen molar-refractivity contribution in [3.05, 3.63) is 12.2 Å². The number of allylic oxidation sites excluding steroid dienone is 2. The van der Waals surface area contributed by atoms with Crippen LogP contribution >= 0.6 is 0 Å². The quantitative estimate of drug-likeness (QED) is 0.281. The van der Waals surface area contributed by atoms with E-state index in [0.717, 1.165) is 32.1 Å². The first-order valence-corrected chi connectivity index (χ1v) is 9.52. The largest absolute Gasteiger partial charge is 0.466 e. The lowest BCUT2D eigenvalue weighted by Crippen LogP contribution is -2.19. The predicted octanol–water partition coefficient (Wildman–Crippen LogP) is 5.23. The standard InChI is InChI=1S/C20H34O3/c1-3-5-7-8-9-11-15-23-20(22)16-17-13-14-19(21)18(17)12-10-6-4-2/h6,10,17-18H,3-5,7-9,11-16H2,1-2H3. The lowest BCUT2D eigenvalue weighted by Gasteiger charge is -2.16. The molecule has 1 rings (SSSR count). The zero-order chi connectivity index (χ0) is 16.9. The smallest absolute Gasteiger partial charge is 0.306 e. The van der Waals surface area contributed by atoms with Crippen LogP contribution in [0.25, 0.3) is 0 Å². The van der Waals surface area contributed by atoms with E-state index in [9.17, 15) is 9.59 Å². The van der Waals surface area contributed by atoms with Crippen LogP contribution in [0.5, 0.6) is 0 Å². The monoisotopic (exact) mass is 322 g/mol. The molecule has 1 fully saturated rings. The molecular formula is C20H34O3. The van der Waals surface area contributed by atoms with Gasteiger partial charge in [0.2, 0.25) is 0 Å². The number of carbonyl (C=O) groups is 2. The molecule has 3 nitrogen and oxygen atoms in total. The molecule has 0 heterocycles. The van der Waals surface area contributed by atoms with E-state index in [4.69, 9.17) is 4.74 Å². The molecule has 0 aromatic rings. The minimum Gasteiger partial charge on any atom is -0.466 e. The van der Waals surface area contributed by atoms with Crippen LogP contribution in [-0.2, 0) is 14.3 Å². The second kappa shape index (κ2) is 12.3. The molecule has 0 bridgehead atoms. The van der Waals surface area contributed by atoms with Crippen molar-refractivity contribution in [2.45, 2.75) is 84.5 Å². The molecule has 0 aromatic carbocycles. The van der Waals surface area contributed by atoms with Crippen LogP contribution in [0.2, 0.25) is 0 Å². The van der Waals surface area contributed by atoms with E-state index in [1.807, 2.05) is 0 Å². The molecule has 0 saturated heterocycles. The Balaban J connectivity index is 2.19. The summed E-state index contributed by atoms with van der Waals surface area (Å²) in [6.45, 7) is 4.83. The molecule has 0 aliphatic heterocycles. The Labute approximate surface area is 141 Å². The maximum Gasteiger partial charge on any atom is 0.306 e. The predicted molar refractivity (Wildman–Crippen MR) is 94.2 cm³/mol. The third kappa shape index (κ3) is 8.34. The van der Waals surface area contributed by atoms with Crippen LogP contribution in [0.3, 0.4) is 0 Å². The molecule has 0 spiro atoms. The highest BCUT2D eigenvalue weighted by molar-refractivity contribution is 5.84. The number of unbranched alkanes of at least 4 members (excludes halogenated alkanes) is 5. The highest BCUT2D eigenvalue weighted by atomic mass is 16.5. The van der Waals surface area contributed by atoms with Gasteiger partial charge in [0.05, 0.1) is 6.61 Å². The Morgan fingerprint density at radius 3 is 2.61 bits per heavy atom. The number of ketones is 1. The number of ether oxygens (including phenoxy) is 1. The normalized spacial score (nSPS) is 21.2. The molecule has 0 N–H and O–H groups in total. The molecule has 3 heteroatoms. The molecule has 1 aliphatic rings. The molecule has 0 aromatic heterocycles. The molecule has 2 unspecified atom stereocenters. The van der Waals surface area contributed by atoms with E-state index in [-0.39, 0.29) is 17.8 Å². The van der Waals surface area contributed by atoms with Crippen molar-refractivity contribution in [1.82, 2.24) is 0 Å². The minimum atomic E-state index is -0.122. The van der Waals surface area contributed by atoms with E-state index in [0.29, 0.717) is 25.2 Å². The van der Waals surface area contributed by atoms with Crippen molar-refractivity contribution in [2.24, 2.45) is 11.8 Å². The second-order valence-corrected chi connectivity index (χ2v) is 6.68. The van der Waals surface area contributed by atoms with Gasteiger partial charge in [-0.2, -0.15) is 0 Å². The van der Waals surface area contributed by atoms with Crippen molar-refractivity contribution in [1.29, 1.82) is 0 Å². The summed E-state index contributed by atoms with van der Waals surface area (Å²) in [5.41, 5.74) is 0. The summed E-state index contributed by atoms with van der Waals surface area (Å²) in [4.78, 5) is 23.9. The maximum atomic E-state index is 12.0. The van der Waals surface area contributed by atoms with Gasteiger partial charge < -0.3 is 4.74 Å². The van der Waals surface area contributed by atoms with Crippen molar-refractivity contribution in [2.75, 3.05) is 6.61 Å². The average Bonchev–Trinajstić information content (AvgIpc) is 2.87. The van der Waals surface area contributed by atoms with Gasteiger partial charge in [-0.1, -0.05) is 58.1 Å². The van der Waals surface area contributed by atoms with Crippen LogP contribution in [0.4, 0.5) is 0 Å². The van der Waals surface area contributed by atoms with Crippen molar-refractivity contribution < 1.29 is 14.3 Å². The summed E-state index contributed by atoms with van der Waals surface area (Å²) in [7, 11) is 0. The molecule has 1 aliphatic carbocycles. The summed E-state index contributed by atoms with van der Waals surface area (Å²) >= 11 is 0. The van der Waals surface area contributed by atoms with Gasteiger partial charge >= 0.3 is 5.97 Å². The van der Waals surface area contributed by atoms with Crippen molar-refractivity contribution in [3.8, 4) is 0 Å².